The van der Waals surface area contributed by atoms with Crippen LogP contribution in [0.1, 0.15) is 81.1 Å². The largest absolute Gasteiger partial charge is 0.478 e. The summed E-state index contributed by atoms with van der Waals surface area (Å²) in [7, 11) is 0. The summed E-state index contributed by atoms with van der Waals surface area (Å²) < 4.78 is 0. The number of aromatic carboxylic acids is 1. The van der Waals surface area contributed by atoms with Gasteiger partial charge in [0.1, 0.15) is 0 Å². The number of nitrogens with zero attached hydrogens (tertiary/aromatic N) is 1. The normalized spacial score (nSPS) is 36.3. The Bertz CT molecular complexity index is 1080. The lowest BCUT2D eigenvalue weighted by Crippen LogP contribution is -2.51. The van der Waals surface area contributed by atoms with E-state index in [9.17, 15) is 14.7 Å². The second-order valence-electron chi connectivity index (χ2n) is 11.8. The molecule has 194 valence electrons. The number of amides is 1. The number of allylic oxidation sites excluding steroid dienone is 2. The van der Waals surface area contributed by atoms with Crippen LogP contribution in [-0.4, -0.2) is 40.5 Å². The number of rotatable bonds is 6. The summed E-state index contributed by atoms with van der Waals surface area (Å²) in [5.41, 5.74) is 3.74. The minimum Gasteiger partial charge on any atom is -0.478 e. The lowest BCUT2D eigenvalue weighted by molar-refractivity contribution is -0.125. The number of carboxylic acids is 1. The predicted molar refractivity (Wildman–Crippen MR) is 136 cm³/mol. The Morgan fingerprint density at radius 1 is 1.06 bits per heavy atom. The highest BCUT2D eigenvalue weighted by atomic mass is 16.6. The van der Waals surface area contributed by atoms with Gasteiger partial charge in [-0.15, -0.1) is 0 Å². The van der Waals surface area contributed by atoms with Gasteiger partial charge in [-0.1, -0.05) is 36.7 Å². The maximum absolute atomic E-state index is 12.2. The van der Waals surface area contributed by atoms with E-state index in [-0.39, 0.29) is 35.0 Å². The number of carboxylic acid groups (broad SMARTS) is 1. The highest BCUT2D eigenvalue weighted by Crippen LogP contribution is 2.65. The molecular formula is C29H38N2O5. The Hall–Kier alpha value is -2.67. The molecule has 3 N–H and O–H groups in total. The zero-order valence-corrected chi connectivity index (χ0v) is 21.3. The van der Waals surface area contributed by atoms with Crippen LogP contribution in [0, 0.1) is 28.6 Å². The maximum atomic E-state index is 12.2. The van der Waals surface area contributed by atoms with Crippen LogP contribution in [-0.2, 0) is 16.2 Å². The molecule has 36 heavy (non-hydrogen) atoms. The number of oxime groups is 1. The smallest absolute Gasteiger partial charge is 0.335 e. The second kappa shape index (κ2) is 9.66. The lowest BCUT2D eigenvalue weighted by atomic mass is 9.47. The van der Waals surface area contributed by atoms with Crippen molar-refractivity contribution in [3.05, 3.63) is 47.0 Å². The number of fused-ring (bicyclic) bond motifs is 5. The molecule has 1 aromatic rings. The molecule has 1 aromatic carbocycles. The van der Waals surface area contributed by atoms with Crippen LogP contribution < -0.4 is 5.32 Å². The molecule has 0 aliphatic heterocycles. The van der Waals surface area contributed by atoms with Gasteiger partial charge in [-0.05, 0) is 104 Å². The van der Waals surface area contributed by atoms with Crippen LogP contribution in [0.15, 0.2) is 41.1 Å². The van der Waals surface area contributed by atoms with E-state index in [2.05, 4.69) is 30.4 Å². The fourth-order valence-electron chi connectivity index (χ4n) is 7.81. The summed E-state index contributed by atoms with van der Waals surface area (Å²) in [6.07, 6.45) is 10.7. The number of carbonyl (C=O) groups excluding carboxylic acids is 1. The van der Waals surface area contributed by atoms with Crippen LogP contribution in [0.4, 0.5) is 0 Å². The molecule has 0 saturated heterocycles. The summed E-state index contributed by atoms with van der Waals surface area (Å²) in [4.78, 5) is 28.5. The zero-order chi connectivity index (χ0) is 25.5. The fraction of sp³-hybridized carbons (Fsp3) is 0.621. The number of nitrogens with one attached hydrogen (secondary N) is 1. The molecule has 0 aromatic heterocycles. The quantitative estimate of drug-likeness (QED) is 0.497. The van der Waals surface area contributed by atoms with E-state index in [4.69, 9.17) is 9.94 Å². The van der Waals surface area contributed by atoms with E-state index in [0.717, 1.165) is 43.4 Å². The third-order valence-corrected chi connectivity index (χ3v) is 10.00. The van der Waals surface area contributed by atoms with Crippen LogP contribution in [0.5, 0.6) is 0 Å². The van der Waals surface area contributed by atoms with Gasteiger partial charge in [-0.3, -0.25) is 4.79 Å². The number of hydrogen-bond donors (Lipinski definition) is 3. The molecule has 7 heteroatoms. The first-order valence-electron chi connectivity index (χ1n) is 13.4. The maximum Gasteiger partial charge on any atom is 0.335 e. The third-order valence-electron chi connectivity index (χ3n) is 10.00. The monoisotopic (exact) mass is 494 g/mol. The summed E-state index contributed by atoms with van der Waals surface area (Å²) in [6.45, 7) is 4.93. The van der Waals surface area contributed by atoms with Crippen molar-refractivity contribution in [1.29, 1.82) is 0 Å². The molecule has 3 saturated carbocycles. The average Bonchev–Trinajstić information content (AvgIpc) is 3.17. The summed E-state index contributed by atoms with van der Waals surface area (Å²) in [5, 5.41) is 26.7. The highest BCUT2D eigenvalue weighted by Gasteiger charge is 2.58. The van der Waals surface area contributed by atoms with Crippen molar-refractivity contribution in [2.24, 2.45) is 33.7 Å². The average molecular weight is 495 g/mol. The van der Waals surface area contributed by atoms with Gasteiger partial charge in [0.25, 0.3) is 5.91 Å². The van der Waals surface area contributed by atoms with Crippen molar-refractivity contribution in [2.75, 3.05) is 6.61 Å². The molecule has 7 nitrogen and oxygen atoms in total. The van der Waals surface area contributed by atoms with Crippen molar-refractivity contribution in [3.63, 3.8) is 0 Å². The highest BCUT2D eigenvalue weighted by molar-refractivity contribution is 5.96. The van der Waals surface area contributed by atoms with Crippen molar-refractivity contribution >= 4 is 17.6 Å². The summed E-state index contributed by atoms with van der Waals surface area (Å²) in [5.74, 6) is 0.802. The molecule has 5 rings (SSSR count). The molecule has 0 bridgehead atoms. The van der Waals surface area contributed by atoms with Crippen LogP contribution >= 0.6 is 0 Å². The molecule has 0 spiro atoms. The minimum atomic E-state index is -0.973. The minimum absolute atomic E-state index is 0.108. The van der Waals surface area contributed by atoms with Gasteiger partial charge in [0.2, 0.25) is 0 Å². The van der Waals surface area contributed by atoms with Gasteiger partial charge in [-0.2, -0.15) is 0 Å². The van der Waals surface area contributed by atoms with Gasteiger partial charge in [0.15, 0.2) is 6.61 Å². The molecular weight excluding hydrogens is 456 g/mol. The number of carbonyl (C=O) groups is 2. The molecule has 6 atom stereocenters. The summed E-state index contributed by atoms with van der Waals surface area (Å²) >= 11 is 0. The van der Waals surface area contributed by atoms with E-state index >= 15 is 0 Å². The molecule has 4 aliphatic rings. The number of aliphatic hydroxyl groups is 1. The number of benzene rings is 1. The van der Waals surface area contributed by atoms with Gasteiger partial charge in [0, 0.05) is 6.54 Å². The predicted octanol–water partition coefficient (Wildman–Crippen LogP) is 4.70. The van der Waals surface area contributed by atoms with E-state index in [1.54, 1.807) is 12.1 Å². The van der Waals surface area contributed by atoms with Gasteiger partial charge in [0.05, 0.1) is 17.4 Å². The topological polar surface area (TPSA) is 108 Å². The van der Waals surface area contributed by atoms with E-state index in [0.29, 0.717) is 24.3 Å². The third kappa shape index (κ3) is 4.47. The van der Waals surface area contributed by atoms with Crippen molar-refractivity contribution in [3.8, 4) is 0 Å². The van der Waals surface area contributed by atoms with Gasteiger partial charge in [-0.25, -0.2) is 4.79 Å². The zero-order valence-electron chi connectivity index (χ0n) is 21.3. The van der Waals surface area contributed by atoms with Crippen molar-refractivity contribution in [2.45, 2.75) is 77.9 Å². The van der Waals surface area contributed by atoms with Crippen molar-refractivity contribution in [1.82, 2.24) is 5.32 Å². The second-order valence-corrected chi connectivity index (χ2v) is 11.8. The summed E-state index contributed by atoms with van der Waals surface area (Å²) in [6, 6.07) is 6.42. The standard InChI is InChI=1S/C29H38N2O5/c1-28-13-11-21(31-36-17-26(33)30-16-18-3-5-19(6-4-18)27(34)35)15-20(28)7-8-22-23-9-10-25(32)29(23,2)14-12-24(22)28/h3-6,15,22-25,32H,7-14,16-17H2,1-2H3,(H,30,33)(H,34,35)/b31-21+/t22-,23-,24-,25+,28-,29-/m0/s1. The first kappa shape index (κ1) is 25.0. The Morgan fingerprint density at radius 3 is 2.58 bits per heavy atom. The Kier molecular flexibility index (Phi) is 6.70. The van der Waals surface area contributed by atoms with Crippen LogP contribution in [0.25, 0.3) is 0 Å². The first-order valence-corrected chi connectivity index (χ1v) is 13.4. The SMILES string of the molecule is C[C@]12CC[C@H]3[C@@H](CCC4=C/C(=N/OCC(=O)NCc5ccc(C(=O)O)cc5)CC[C@@]43C)[C@@H]1CC[C@H]2O. The molecule has 0 radical (unpaired) electrons. The molecule has 0 unspecified atom stereocenters. The molecule has 1 amide bonds. The van der Waals surface area contributed by atoms with E-state index in [1.165, 1.54) is 37.0 Å². The number of hydrogen-bond acceptors (Lipinski definition) is 5. The molecule has 4 aliphatic carbocycles. The fourth-order valence-corrected chi connectivity index (χ4v) is 7.81. The first-order chi connectivity index (χ1) is 17.2. The Balaban J connectivity index is 1.15. The van der Waals surface area contributed by atoms with Crippen molar-refractivity contribution < 1.29 is 24.6 Å². The molecule has 0 heterocycles. The van der Waals surface area contributed by atoms with Gasteiger partial charge >= 0.3 is 5.97 Å². The van der Waals surface area contributed by atoms with Gasteiger partial charge < -0.3 is 20.4 Å². The number of aliphatic hydroxyl groups excluding tert-OH is 1. The molecule has 3 fully saturated rings. The van der Waals surface area contributed by atoms with Crippen LogP contribution in [0.3, 0.4) is 0 Å². The Morgan fingerprint density at radius 2 is 1.83 bits per heavy atom. The van der Waals surface area contributed by atoms with E-state index < -0.39 is 5.97 Å². The van der Waals surface area contributed by atoms with E-state index in [1.807, 2.05) is 0 Å². The van der Waals surface area contributed by atoms with Crippen LogP contribution in [0.2, 0.25) is 0 Å². The Labute approximate surface area is 213 Å². The lowest BCUT2D eigenvalue weighted by Gasteiger charge is -2.57.